The van der Waals surface area contributed by atoms with Gasteiger partial charge in [-0.2, -0.15) is 0 Å². The number of aliphatic hydroxyl groups excluding tert-OH is 7. The SMILES string of the molecule is CCCCCCCCCCCCCCCCCCCCCC[C@@H](O)C(=O)N[C@@H](CO[C@@H]1O[C@H](CO)[C@@H](O)[C@H](O)[C@H]1O)[C@H](O)[C@H](O)CCCCCCCCCCC(C)C. The monoisotopic (exact) mass is 832 g/mol. The lowest BCUT2D eigenvalue weighted by molar-refractivity contribution is -0.303. The predicted octanol–water partition coefficient (Wildman–Crippen LogP) is 8.14. The van der Waals surface area contributed by atoms with E-state index >= 15 is 0 Å². The molecule has 58 heavy (non-hydrogen) atoms. The van der Waals surface area contributed by atoms with Crippen molar-refractivity contribution in [2.24, 2.45) is 5.92 Å². The van der Waals surface area contributed by atoms with E-state index in [0.29, 0.717) is 19.3 Å². The Balaban J connectivity index is 2.37. The average Bonchev–Trinajstić information content (AvgIpc) is 3.21. The summed E-state index contributed by atoms with van der Waals surface area (Å²) in [6, 6.07) is -1.16. The highest BCUT2D eigenvalue weighted by molar-refractivity contribution is 5.80. The van der Waals surface area contributed by atoms with Crippen LogP contribution in [0.2, 0.25) is 0 Å². The van der Waals surface area contributed by atoms with Gasteiger partial charge in [0.05, 0.1) is 25.4 Å². The molecule has 1 rings (SSSR count). The van der Waals surface area contributed by atoms with Crippen molar-refractivity contribution < 1.29 is 50.0 Å². The Hall–Kier alpha value is -0.890. The van der Waals surface area contributed by atoms with Gasteiger partial charge in [0.2, 0.25) is 5.91 Å². The lowest BCUT2D eigenvalue weighted by Crippen LogP contribution is -2.60. The molecule has 0 aromatic rings. The first kappa shape index (κ1) is 55.1. The molecule has 8 N–H and O–H groups in total. The first-order valence-electron chi connectivity index (χ1n) is 24.3. The zero-order valence-corrected chi connectivity index (χ0v) is 37.5. The molecule has 0 unspecified atom stereocenters. The number of ether oxygens (including phenoxy) is 2. The molecule has 1 amide bonds. The molecule has 0 aromatic heterocycles. The van der Waals surface area contributed by atoms with E-state index in [1.165, 1.54) is 135 Å². The molecule has 0 bridgehead atoms. The van der Waals surface area contributed by atoms with Crippen LogP contribution in [0.25, 0.3) is 0 Å². The lowest BCUT2D eigenvalue weighted by atomic mass is 9.98. The van der Waals surface area contributed by atoms with Crippen LogP contribution in [-0.4, -0.2) is 110 Å². The van der Waals surface area contributed by atoms with E-state index < -0.39 is 74.2 Å². The van der Waals surface area contributed by atoms with Crippen LogP contribution in [0, 0.1) is 5.92 Å². The van der Waals surface area contributed by atoms with Crippen molar-refractivity contribution in [2.45, 2.75) is 275 Å². The average molecular weight is 832 g/mol. The Kier molecular flexibility index (Phi) is 34.9. The van der Waals surface area contributed by atoms with E-state index in [-0.39, 0.29) is 6.42 Å². The number of rotatable bonds is 40. The third-order valence-electron chi connectivity index (χ3n) is 12.1. The minimum absolute atomic E-state index is 0.265. The van der Waals surface area contributed by atoms with E-state index in [9.17, 15) is 40.5 Å². The van der Waals surface area contributed by atoms with Gasteiger partial charge < -0.3 is 50.5 Å². The molecular weight excluding hydrogens is 739 g/mol. The van der Waals surface area contributed by atoms with Gasteiger partial charge in [-0.3, -0.25) is 4.79 Å². The smallest absolute Gasteiger partial charge is 0.249 e. The van der Waals surface area contributed by atoms with Crippen LogP contribution in [0.1, 0.15) is 220 Å². The van der Waals surface area contributed by atoms with Gasteiger partial charge in [-0.1, -0.05) is 207 Å². The second-order valence-electron chi connectivity index (χ2n) is 18.0. The highest BCUT2D eigenvalue weighted by Crippen LogP contribution is 2.23. The van der Waals surface area contributed by atoms with Crippen LogP contribution in [0.15, 0.2) is 0 Å². The van der Waals surface area contributed by atoms with Crippen LogP contribution in [0.5, 0.6) is 0 Å². The number of hydrogen-bond acceptors (Lipinski definition) is 10. The number of aliphatic hydroxyl groups is 7. The van der Waals surface area contributed by atoms with Crippen LogP contribution in [0.3, 0.4) is 0 Å². The highest BCUT2D eigenvalue weighted by atomic mass is 16.7. The molecule has 0 aliphatic carbocycles. The quantitative estimate of drug-likeness (QED) is 0.0280. The zero-order valence-electron chi connectivity index (χ0n) is 37.5. The molecular formula is C47H93NO10. The van der Waals surface area contributed by atoms with Crippen LogP contribution < -0.4 is 5.32 Å². The Bertz CT molecular complexity index is 926. The first-order chi connectivity index (χ1) is 28.0. The molecule has 11 heteroatoms. The molecule has 1 saturated heterocycles. The molecule has 0 aromatic carbocycles. The van der Waals surface area contributed by atoms with E-state index in [4.69, 9.17) is 9.47 Å². The second-order valence-corrected chi connectivity index (χ2v) is 18.0. The summed E-state index contributed by atoms with van der Waals surface area (Å²) in [5.41, 5.74) is 0. The third kappa shape index (κ3) is 27.1. The standard InChI is InChI=1S/C47H93NO10/c1-4-5-6-7-8-9-10-11-12-13-14-15-16-17-18-19-20-25-28-31-34-40(51)46(56)48-38(36-57-47-45(55)44(54)43(53)41(35-49)58-47)42(52)39(50)33-30-27-24-22-21-23-26-29-32-37(2)3/h37-45,47,49-55H,4-36H2,1-3H3,(H,48,56)/t38-,39+,40+,41+,42-,43+,44-,45+,47+/m0/s1. The Morgan fingerprint density at radius 1 is 0.569 bits per heavy atom. The van der Waals surface area contributed by atoms with Gasteiger partial charge in [-0.05, 0) is 18.8 Å². The Morgan fingerprint density at radius 2 is 0.966 bits per heavy atom. The van der Waals surface area contributed by atoms with Gasteiger partial charge in [0.1, 0.15) is 36.6 Å². The normalized spacial score (nSPS) is 21.9. The maximum absolute atomic E-state index is 13.1. The molecule has 0 saturated carbocycles. The second kappa shape index (κ2) is 36.7. The molecule has 1 aliphatic rings. The Morgan fingerprint density at radius 3 is 1.38 bits per heavy atom. The minimum Gasteiger partial charge on any atom is -0.394 e. The summed E-state index contributed by atoms with van der Waals surface area (Å²) in [6.07, 6.45) is 24.6. The summed E-state index contributed by atoms with van der Waals surface area (Å²) in [5.74, 6) is 0.0528. The van der Waals surface area contributed by atoms with E-state index in [2.05, 4.69) is 26.1 Å². The van der Waals surface area contributed by atoms with Crippen molar-refractivity contribution in [1.29, 1.82) is 0 Å². The molecule has 0 radical (unpaired) electrons. The maximum Gasteiger partial charge on any atom is 0.249 e. The lowest BCUT2D eigenvalue weighted by Gasteiger charge is -2.40. The van der Waals surface area contributed by atoms with Crippen molar-refractivity contribution in [3.05, 3.63) is 0 Å². The van der Waals surface area contributed by atoms with Gasteiger partial charge in [-0.15, -0.1) is 0 Å². The molecule has 0 spiro atoms. The topological polar surface area (TPSA) is 189 Å². The van der Waals surface area contributed by atoms with Gasteiger partial charge in [0.15, 0.2) is 6.29 Å². The number of amides is 1. The van der Waals surface area contributed by atoms with Gasteiger partial charge >= 0.3 is 0 Å². The summed E-state index contributed by atoms with van der Waals surface area (Å²) in [5, 5.41) is 75.6. The molecule has 346 valence electrons. The maximum atomic E-state index is 13.1. The summed E-state index contributed by atoms with van der Waals surface area (Å²) < 4.78 is 11.1. The number of nitrogens with one attached hydrogen (secondary N) is 1. The van der Waals surface area contributed by atoms with Gasteiger partial charge in [-0.25, -0.2) is 0 Å². The van der Waals surface area contributed by atoms with Crippen molar-refractivity contribution >= 4 is 5.91 Å². The summed E-state index contributed by atoms with van der Waals surface area (Å²) in [6.45, 7) is 5.72. The van der Waals surface area contributed by atoms with Crippen molar-refractivity contribution in [1.82, 2.24) is 5.32 Å². The highest BCUT2D eigenvalue weighted by Gasteiger charge is 2.44. The van der Waals surface area contributed by atoms with E-state index in [1.807, 2.05) is 0 Å². The van der Waals surface area contributed by atoms with E-state index in [0.717, 1.165) is 44.4 Å². The minimum atomic E-state index is -1.66. The largest absolute Gasteiger partial charge is 0.394 e. The summed E-state index contributed by atoms with van der Waals surface area (Å²) >= 11 is 0. The number of hydrogen-bond donors (Lipinski definition) is 8. The van der Waals surface area contributed by atoms with Crippen LogP contribution in [0.4, 0.5) is 0 Å². The number of unbranched alkanes of at least 4 members (excludes halogenated alkanes) is 26. The third-order valence-corrected chi connectivity index (χ3v) is 12.1. The molecule has 9 atom stereocenters. The first-order valence-corrected chi connectivity index (χ1v) is 24.3. The van der Waals surface area contributed by atoms with Crippen molar-refractivity contribution in [3.8, 4) is 0 Å². The molecule has 1 heterocycles. The van der Waals surface area contributed by atoms with Gasteiger partial charge in [0, 0.05) is 0 Å². The molecule has 11 nitrogen and oxygen atoms in total. The Labute approximate surface area is 354 Å². The summed E-state index contributed by atoms with van der Waals surface area (Å²) in [4.78, 5) is 13.1. The van der Waals surface area contributed by atoms with E-state index in [1.54, 1.807) is 0 Å². The van der Waals surface area contributed by atoms with Gasteiger partial charge in [0.25, 0.3) is 0 Å². The zero-order chi connectivity index (χ0) is 42.8. The predicted molar refractivity (Wildman–Crippen MR) is 233 cm³/mol. The number of carbonyl (C=O) groups is 1. The number of carbonyl (C=O) groups excluding carboxylic acids is 1. The summed E-state index contributed by atoms with van der Waals surface area (Å²) in [7, 11) is 0. The van der Waals surface area contributed by atoms with Crippen molar-refractivity contribution in [2.75, 3.05) is 13.2 Å². The molecule has 1 fully saturated rings. The fraction of sp³-hybridized carbons (Fsp3) is 0.979. The van der Waals surface area contributed by atoms with Crippen LogP contribution in [-0.2, 0) is 14.3 Å². The fourth-order valence-corrected chi connectivity index (χ4v) is 8.04. The van der Waals surface area contributed by atoms with Crippen LogP contribution >= 0.6 is 0 Å². The van der Waals surface area contributed by atoms with Crippen molar-refractivity contribution in [3.63, 3.8) is 0 Å². The molecule has 1 aliphatic heterocycles. The fourth-order valence-electron chi connectivity index (χ4n) is 8.04.